The second-order valence-electron chi connectivity index (χ2n) is 4.08. The first-order valence-electron chi connectivity index (χ1n) is 6.00. The zero-order chi connectivity index (χ0) is 15.4. The van der Waals surface area contributed by atoms with Crippen LogP contribution in [0.2, 0.25) is 5.15 Å². The number of pyridine rings is 1. The van der Waals surface area contributed by atoms with Crippen molar-refractivity contribution < 1.29 is 14.3 Å². The van der Waals surface area contributed by atoms with Crippen LogP contribution in [0.3, 0.4) is 0 Å². The smallest absolute Gasteiger partial charge is 0.252 e. The monoisotopic (exact) mass is 307 g/mol. The SMILES string of the molecule is COc1cccc(Nc2cc(Cl)ncc2C(N)=O)c1OC. The number of hydrogen-bond acceptors (Lipinski definition) is 5. The van der Waals surface area contributed by atoms with Gasteiger partial charge in [-0.25, -0.2) is 4.98 Å². The molecule has 0 atom stereocenters. The Bertz CT molecular complexity index is 677. The van der Waals surface area contributed by atoms with Crippen molar-refractivity contribution >= 4 is 28.9 Å². The van der Waals surface area contributed by atoms with Gasteiger partial charge in [0.25, 0.3) is 5.91 Å². The number of anilines is 2. The van der Waals surface area contributed by atoms with Crippen LogP contribution in [0.1, 0.15) is 10.4 Å². The lowest BCUT2D eigenvalue weighted by atomic mass is 10.2. The van der Waals surface area contributed by atoms with Gasteiger partial charge in [-0.15, -0.1) is 0 Å². The third-order valence-electron chi connectivity index (χ3n) is 2.81. The van der Waals surface area contributed by atoms with E-state index in [9.17, 15) is 4.79 Å². The summed E-state index contributed by atoms with van der Waals surface area (Å²) in [4.78, 5) is 15.3. The van der Waals surface area contributed by atoms with Crippen molar-refractivity contribution in [2.24, 2.45) is 5.73 Å². The maximum Gasteiger partial charge on any atom is 0.252 e. The Balaban J connectivity index is 2.47. The predicted octanol–water partition coefficient (Wildman–Crippen LogP) is 2.59. The molecule has 21 heavy (non-hydrogen) atoms. The fourth-order valence-corrected chi connectivity index (χ4v) is 2.02. The number of nitrogens with one attached hydrogen (secondary N) is 1. The third kappa shape index (κ3) is 3.17. The molecule has 1 amide bonds. The van der Waals surface area contributed by atoms with Gasteiger partial charge in [0.05, 0.1) is 31.2 Å². The molecular weight excluding hydrogens is 294 g/mol. The largest absolute Gasteiger partial charge is 0.493 e. The molecular formula is C14H14ClN3O3. The number of benzene rings is 1. The summed E-state index contributed by atoms with van der Waals surface area (Å²) in [7, 11) is 3.07. The Kier molecular flexibility index (Phi) is 4.49. The summed E-state index contributed by atoms with van der Waals surface area (Å²) in [6.07, 6.45) is 1.32. The Hall–Kier alpha value is -2.47. The van der Waals surface area contributed by atoms with E-state index in [0.717, 1.165) is 0 Å². The van der Waals surface area contributed by atoms with Crippen molar-refractivity contribution in [2.45, 2.75) is 0 Å². The van der Waals surface area contributed by atoms with E-state index in [4.69, 9.17) is 26.8 Å². The summed E-state index contributed by atoms with van der Waals surface area (Å²) < 4.78 is 10.5. The zero-order valence-corrected chi connectivity index (χ0v) is 12.3. The number of amides is 1. The number of aromatic nitrogens is 1. The van der Waals surface area contributed by atoms with Crippen LogP contribution >= 0.6 is 11.6 Å². The van der Waals surface area contributed by atoms with Crippen molar-refractivity contribution in [2.75, 3.05) is 19.5 Å². The molecule has 0 saturated carbocycles. The highest BCUT2D eigenvalue weighted by molar-refractivity contribution is 6.29. The lowest BCUT2D eigenvalue weighted by Crippen LogP contribution is -2.14. The molecule has 2 aromatic rings. The predicted molar refractivity (Wildman–Crippen MR) is 80.6 cm³/mol. The van der Waals surface area contributed by atoms with Crippen LogP contribution in [-0.2, 0) is 0 Å². The molecule has 0 spiro atoms. The Morgan fingerprint density at radius 2 is 2.05 bits per heavy atom. The van der Waals surface area contributed by atoms with Gasteiger partial charge in [0.2, 0.25) is 0 Å². The van der Waals surface area contributed by atoms with E-state index < -0.39 is 5.91 Å². The van der Waals surface area contributed by atoms with Crippen LogP contribution in [0.25, 0.3) is 0 Å². The Morgan fingerprint density at radius 1 is 1.29 bits per heavy atom. The number of carbonyl (C=O) groups excluding carboxylic acids is 1. The third-order valence-corrected chi connectivity index (χ3v) is 3.02. The molecule has 6 nitrogen and oxygen atoms in total. The van der Waals surface area contributed by atoms with E-state index in [2.05, 4.69) is 10.3 Å². The van der Waals surface area contributed by atoms with Crippen molar-refractivity contribution in [3.8, 4) is 11.5 Å². The molecule has 7 heteroatoms. The maximum atomic E-state index is 11.4. The van der Waals surface area contributed by atoms with Crippen molar-refractivity contribution in [3.63, 3.8) is 0 Å². The molecule has 0 aliphatic heterocycles. The van der Waals surface area contributed by atoms with Gasteiger partial charge >= 0.3 is 0 Å². The van der Waals surface area contributed by atoms with Crippen LogP contribution < -0.4 is 20.5 Å². The minimum Gasteiger partial charge on any atom is -0.493 e. The maximum absolute atomic E-state index is 11.4. The first-order chi connectivity index (χ1) is 10.1. The van der Waals surface area contributed by atoms with Crippen LogP contribution in [0.15, 0.2) is 30.5 Å². The highest BCUT2D eigenvalue weighted by Gasteiger charge is 2.14. The molecule has 0 fully saturated rings. The van der Waals surface area contributed by atoms with Crippen LogP contribution in [-0.4, -0.2) is 25.1 Å². The van der Waals surface area contributed by atoms with Gasteiger partial charge in [0.1, 0.15) is 5.15 Å². The second-order valence-corrected chi connectivity index (χ2v) is 4.47. The quantitative estimate of drug-likeness (QED) is 0.829. The van der Waals surface area contributed by atoms with E-state index in [1.54, 1.807) is 25.3 Å². The van der Waals surface area contributed by atoms with E-state index in [0.29, 0.717) is 22.9 Å². The molecule has 0 saturated heterocycles. The van der Waals surface area contributed by atoms with Crippen molar-refractivity contribution in [1.82, 2.24) is 4.98 Å². The zero-order valence-electron chi connectivity index (χ0n) is 11.5. The normalized spacial score (nSPS) is 10.0. The minimum absolute atomic E-state index is 0.226. The number of hydrogen-bond donors (Lipinski definition) is 2. The molecule has 0 aliphatic carbocycles. The number of halogens is 1. The number of para-hydroxylation sites is 1. The summed E-state index contributed by atoms with van der Waals surface area (Å²) >= 11 is 5.86. The molecule has 0 bridgehead atoms. The number of ether oxygens (including phenoxy) is 2. The van der Waals surface area contributed by atoms with Gasteiger partial charge < -0.3 is 20.5 Å². The first kappa shape index (κ1) is 14.9. The number of rotatable bonds is 5. The average molecular weight is 308 g/mol. The summed E-state index contributed by atoms with van der Waals surface area (Å²) in [5.41, 5.74) is 6.60. The van der Waals surface area contributed by atoms with Gasteiger partial charge in [-0.2, -0.15) is 0 Å². The van der Waals surface area contributed by atoms with Crippen molar-refractivity contribution in [1.29, 1.82) is 0 Å². The van der Waals surface area contributed by atoms with Crippen LogP contribution in [0.4, 0.5) is 11.4 Å². The molecule has 0 unspecified atom stereocenters. The molecule has 2 rings (SSSR count). The minimum atomic E-state index is -0.608. The number of carbonyl (C=O) groups is 1. The second kappa shape index (κ2) is 6.32. The Morgan fingerprint density at radius 3 is 2.67 bits per heavy atom. The number of primary amides is 1. The van der Waals surface area contributed by atoms with E-state index in [-0.39, 0.29) is 10.7 Å². The molecule has 110 valence electrons. The van der Waals surface area contributed by atoms with Gasteiger partial charge in [-0.1, -0.05) is 17.7 Å². The van der Waals surface area contributed by atoms with Gasteiger partial charge in [-0.05, 0) is 18.2 Å². The summed E-state index contributed by atoms with van der Waals surface area (Å²) in [6.45, 7) is 0. The molecule has 1 heterocycles. The molecule has 1 aromatic heterocycles. The molecule has 3 N–H and O–H groups in total. The number of methoxy groups -OCH3 is 2. The molecule has 0 aliphatic rings. The fourth-order valence-electron chi connectivity index (χ4n) is 1.86. The average Bonchev–Trinajstić information content (AvgIpc) is 2.46. The highest BCUT2D eigenvalue weighted by Crippen LogP contribution is 2.37. The number of nitrogens with zero attached hydrogens (tertiary/aromatic N) is 1. The molecule has 1 aromatic carbocycles. The van der Waals surface area contributed by atoms with Crippen LogP contribution in [0.5, 0.6) is 11.5 Å². The summed E-state index contributed by atoms with van der Waals surface area (Å²) in [5.74, 6) is 0.454. The lowest BCUT2D eigenvalue weighted by molar-refractivity contribution is 0.100. The lowest BCUT2D eigenvalue weighted by Gasteiger charge is -2.15. The first-order valence-corrected chi connectivity index (χ1v) is 6.38. The van der Waals surface area contributed by atoms with E-state index >= 15 is 0 Å². The van der Waals surface area contributed by atoms with Crippen molar-refractivity contribution in [3.05, 3.63) is 41.2 Å². The van der Waals surface area contributed by atoms with Crippen LogP contribution in [0, 0.1) is 0 Å². The number of nitrogens with two attached hydrogens (primary N) is 1. The fraction of sp³-hybridized carbons (Fsp3) is 0.143. The van der Waals surface area contributed by atoms with E-state index in [1.807, 2.05) is 0 Å². The standard InChI is InChI=1S/C14H14ClN3O3/c1-20-11-5-3-4-9(13(11)21-2)18-10-6-12(15)17-7-8(10)14(16)19/h3-7H,1-2H3,(H2,16,19)(H,17,18). The van der Waals surface area contributed by atoms with Gasteiger partial charge in [0.15, 0.2) is 11.5 Å². The van der Waals surface area contributed by atoms with Gasteiger partial charge in [-0.3, -0.25) is 4.79 Å². The topological polar surface area (TPSA) is 86.5 Å². The molecule has 0 radical (unpaired) electrons. The highest BCUT2D eigenvalue weighted by atomic mass is 35.5. The Labute approximate surface area is 126 Å². The summed E-state index contributed by atoms with van der Waals surface area (Å²) in [6, 6.07) is 6.84. The van der Waals surface area contributed by atoms with E-state index in [1.165, 1.54) is 19.4 Å². The van der Waals surface area contributed by atoms with Gasteiger partial charge in [0, 0.05) is 6.20 Å². The summed E-state index contributed by atoms with van der Waals surface area (Å²) in [5, 5.41) is 3.30.